The smallest absolute Gasteiger partial charge is 0.314 e. The van der Waals surface area contributed by atoms with E-state index in [2.05, 4.69) is 38.8 Å². The van der Waals surface area contributed by atoms with E-state index in [1.54, 1.807) is 0 Å². The molecular weight excluding hydrogens is 314 g/mol. The van der Waals surface area contributed by atoms with Crippen LogP contribution in [-0.4, -0.2) is 47.9 Å². The van der Waals surface area contributed by atoms with E-state index in [0.29, 0.717) is 13.1 Å². The van der Waals surface area contributed by atoms with E-state index in [9.17, 15) is 4.79 Å². The number of aryl methyl sites for hydroxylation is 3. The highest BCUT2D eigenvalue weighted by Gasteiger charge is 2.14. The molecule has 0 bridgehead atoms. The Bertz CT molecular complexity index is 666. The number of rotatable bonds is 8. The van der Waals surface area contributed by atoms with E-state index in [-0.39, 0.29) is 12.1 Å². The Kier molecular flexibility index (Phi) is 7.01. The van der Waals surface area contributed by atoms with Crippen LogP contribution < -0.4 is 10.6 Å². The van der Waals surface area contributed by atoms with Gasteiger partial charge in [-0.15, -0.1) is 0 Å². The van der Waals surface area contributed by atoms with Gasteiger partial charge in [0, 0.05) is 25.3 Å². The van der Waals surface area contributed by atoms with Crippen LogP contribution in [0.5, 0.6) is 0 Å². The van der Waals surface area contributed by atoms with Gasteiger partial charge in [0.1, 0.15) is 0 Å². The summed E-state index contributed by atoms with van der Waals surface area (Å²) >= 11 is 0. The predicted molar refractivity (Wildman–Crippen MR) is 101 cm³/mol. The second-order valence-corrected chi connectivity index (χ2v) is 6.53. The zero-order valence-electron chi connectivity index (χ0n) is 15.6. The Labute approximate surface area is 150 Å². The summed E-state index contributed by atoms with van der Waals surface area (Å²) in [5.41, 5.74) is 3.37. The maximum Gasteiger partial charge on any atom is 0.314 e. The Morgan fingerprint density at radius 1 is 1.20 bits per heavy atom. The Morgan fingerprint density at radius 2 is 1.92 bits per heavy atom. The third-order valence-corrected chi connectivity index (χ3v) is 4.20. The number of nitrogens with zero attached hydrogens (tertiary/aromatic N) is 3. The van der Waals surface area contributed by atoms with Crippen molar-refractivity contribution < 1.29 is 4.79 Å². The normalized spacial score (nSPS) is 12.2. The molecule has 2 amide bonds. The maximum atomic E-state index is 12.0. The summed E-state index contributed by atoms with van der Waals surface area (Å²) in [4.78, 5) is 14.1. The zero-order valence-corrected chi connectivity index (χ0v) is 15.6. The van der Waals surface area contributed by atoms with Gasteiger partial charge >= 0.3 is 6.03 Å². The van der Waals surface area contributed by atoms with Gasteiger partial charge in [0.05, 0.1) is 11.7 Å². The molecule has 1 unspecified atom stereocenters. The minimum Gasteiger partial charge on any atom is -0.338 e. The summed E-state index contributed by atoms with van der Waals surface area (Å²) in [6, 6.07) is 12.3. The van der Waals surface area contributed by atoms with Crippen molar-refractivity contribution in [2.75, 3.05) is 27.2 Å². The molecule has 136 valence electrons. The average Bonchev–Trinajstić information content (AvgIpc) is 2.90. The van der Waals surface area contributed by atoms with Crippen LogP contribution in [0.2, 0.25) is 0 Å². The van der Waals surface area contributed by atoms with E-state index in [1.165, 1.54) is 5.56 Å². The number of benzene rings is 1. The van der Waals surface area contributed by atoms with Gasteiger partial charge in [0.25, 0.3) is 0 Å². The van der Waals surface area contributed by atoms with Gasteiger partial charge < -0.3 is 15.5 Å². The summed E-state index contributed by atoms with van der Waals surface area (Å²) in [7, 11) is 4.04. The number of carbonyl (C=O) groups is 1. The molecule has 0 aliphatic rings. The largest absolute Gasteiger partial charge is 0.338 e. The fraction of sp³-hybridized carbons (Fsp3) is 0.474. The number of urea groups is 1. The second kappa shape index (κ2) is 9.22. The van der Waals surface area contributed by atoms with Gasteiger partial charge in [-0.05, 0) is 46.0 Å². The summed E-state index contributed by atoms with van der Waals surface area (Å²) in [5.74, 6) is 0. The van der Waals surface area contributed by atoms with Crippen molar-refractivity contribution in [1.29, 1.82) is 0 Å². The van der Waals surface area contributed by atoms with Gasteiger partial charge in [-0.2, -0.15) is 5.10 Å². The van der Waals surface area contributed by atoms with Crippen LogP contribution in [0.3, 0.4) is 0 Å². The first-order chi connectivity index (χ1) is 12.0. The number of nitrogens with one attached hydrogen (secondary N) is 2. The van der Waals surface area contributed by atoms with Crippen molar-refractivity contribution in [1.82, 2.24) is 25.3 Å². The Balaban J connectivity index is 1.71. The van der Waals surface area contributed by atoms with E-state index >= 15 is 0 Å². The van der Waals surface area contributed by atoms with Gasteiger partial charge in [-0.3, -0.25) is 4.68 Å². The third-order valence-electron chi connectivity index (χ3n) is 4.20. The Morgan fingerprint density at radius 3 is 2.52 bits per heavy atom. The molecule has 1 heterocycles. The van der Waals surface area contributed by atoms with Crippen LogP contribution in [0.4, 0.5) is 4.79 Å². The minimum absolute atomic E-state index is 0.129. The van der Waals surface area contributed by atoms with Gasteiger partial charge in [0.15, 0.2) is 0 Å². The minimum atomic E-state index is -0.129. The van der Waals surface area contributed by atoms with Crippen molar-refractivity contribution in [3.8, 4) is 0 Å². The molecule has 6 heteroatoms. The second-order valence-electron chi connectivity index (χ2n) is 6.53. The lowest BCUT2D eigenvalue weighted by molar-refractivity contribution is 0.232. The molecule has 1 atom stereocenters. The van der Waals surface area contributed by atoms with Crippen LogP contribution in [0.25, 0.3) is 0 Å². The van der Waals surface area contributed by atoms with Crippen molar-refractivity contribution in [3.63, 3.8) is 0 Å². The lowest BCUT2D eigenvalue weighted by atomic mass is 10.1. The van der Waals surface area contributed by atoms with Crippen molar-refractivity contribution in [2.45, 2.75) is 32.9 Å². The number of amides is 2. The molecule has 0 spiro atoms. The fourth-order valence-electron chi connectivity index (χ4n) is 2.86. The molecule has 0 fully saturated rings. The quantitative estimate of drug-likeness (QED) is 0.724. The van der Waals surface area contributed by atoms with Crippen molar-refractivity contribution >= 4 is 6.03 Å². The van der Waals surface area contributed by atoms with Gasteiger partial charge in [-0.25, -0.2) is 4.79 Å². The first-order valence-electron chi connectivity index (χ1n) is 8.71. The first-order valence-corrected chi connectivity index (χ1v) is 8.71. The lowest BCUT2D eigenvalue weighted by Crippen LogP contribution is -2.41. The number of aromatic nitrogens is 2. The molecule has 2 rings (SSSR count). The maximum absolute atomic E-state index is 12.0. The molecule has 6 nitrogen and oxygen atoms in total. The number of hydrogen-bond acceptors (Lipinski definition) is 3. The molecule has 0 radical (unpaired) electrons. The van der Waals surface area contributed by atoms with Crippen LogP contribution >= 0.6 is 0 Å². The molecule has 25 heavy (non-hydrogen) atoms. The molecule has 1 aromatic heterocycles. The highest BCUT2D eigenvalue weighted by Crippen LogP contribution is 2.16. The summed E-state index contributed by atoms with van der Waals surface area (Å²) in [5, 5.41) is 10.3. The topological polar surface area (TPSA) is 62.2 Å². The molecule has 1 aromatic carbocycles. The fourth-order valence-corrected chi connectivity index (χ4v) is 2.86. The highest BCUT2D eigenvalue weighted by molar-refractivity contribution is 5.73. The van der Waals surface area contributed by atoms with Crippen molar-refractivity contribution in [2.24, 2.45) is 0 Å². The number of carbonyl (C=O) groups excluding carboxylic acids is 1. The van der Waals surface area contributed by atoms with E-state index in [4.69, 9.17) is 0 Å². The molecule has 0 aliphatic heterocycles. The summed E-state index contributed by atoms with van der Waals surface area (Å²) in [6.45, 7) is 6.04. The SMILES string of the molecule is Cc1cc(C)n(CCCNC(=O)NCC(c2ccccc2)N(C)C)n1. The molecule has 0 saturated carbocycles. The van der Waals surface area contributed by atoms with E-state index in [0.717, 1.165) is 24.4 Å². The van der Waals surface area contributed by atoms with Gasteiger partial charge in [-0.1, -0.05) is 30.3 Å². The van der Waals surface area contributed by atoms with E-state index < -0.39 is 0 Å². The first kappa shape index (κ1) is 19.0. The number of hydrogen-bond donors (Lipinski definition) is 2. The zero-order chi connectivity index (χ0) is 18.2. The molecular formula is C19H29N5O. The van der Waals surface area contributed by atoms with Crippen LogP contribution in [0.15, 0.2) is 36.4 Å². The Hall–Kier alpha value is -2.34. The molecule has 0 aliphatic carbocycles. The van der Waals surface area contributed by atoms with Crippen LogP contribution in [-0.2, 0) is 6.54 Å². The standard InChI is InChI=1S/C19H29N5O/c1-15-13-16(2)24(22-15)12-8-11-20-19(25)21-14-18(23(3)4)17-9-6-5-7-10-17/h5-7,9-10,13,18H,8,11-12,14H2,1-4H3,(H2,20,21,25). The van der Waals surface area contributed by atoms with Crippen LogP contribution in [0.1, 0.15) is 29.4 Å². The monoisotopic (exact) mass is 343 g/mol. The van der Waals surface area contributed by atoms with Gasteiger partial charge in [0.2, 0.25) is 0 Å². The lowest BCUT2D eigenvalue weighted by Gasteiger charge is -2.25. The number of likely N-dealkylation sites (N-methyl/N-ethyl adjacent to an activating group) is 1. The van der Waals surface area contributed by atoms with Crippen molar-refractivity contribution in [3.05, 3.63) is 53.3 Å². The summed E-state index contributed by atoms with van der Waals surface area (Å²) < 4.78 is 1.98. The molecule has 0 saturated heterocycles. The molecule has 2 aromatic rings. The predicted octanol–water partition coefficient (Wildman–Crippen LogP) is 2.49. The third kappa shape index (κ3) is 5.90. The average molecular weight is 343 g/mol. The highest BCUT2D eigenvalue weighted by atomic mass is 16.2. The molecule has 2 N–H and O–H groups in total. The van der Waals surface area contributed by atoms with Crippen LogP contribution in [0, 0.1) is 13.8 Å². The summed E-state index contributed by atoms with van der Waals surface area (Å²) in [6.07, 6.45) is 0.852. The van der Waals surface area contributed by atoms with E-state index in [1.807, 2.05) is 50.8 Å².